The van der Waals surface area contributed by atoms with Gasteiger partial charge in [-0.1, -0.05) is 35.0 Å². The molecule has 106 valence electrons. The van der Waals surface area contributed by atoms with Crippen molar-refractivity contribution in [1.82, 2.24) is 10.3 Å². The predicted octanol–water partition coefficient (Wildman–Crippen LogP) is 4.16. The number of benzene rings is 1. The van der Waals surface area contributed by atoms with Gasteiger partial charge in [-0.3, -0.25) is 4.98 Å². The number of nitrogens with zero attached hydrogens (tertiary/aromatic N) is 1. The number of thioether (sulfide) groups is 1. The van der Waals surface area contributed by atoms with Crippen molar-refractivity contribution in [2.45, 2.75) is 24.3 Å². The van der Waals surface area contributed by atoms with Crippen molar-refractivity contribution in [2.24, 2.45) is 0 Å². The van der Waals surface area contributed by atoms with E-state index >= 15 is 0 Å². The Hall–Kier alpha value is -0.840. The molecule has 0 bridgehead atoms. The zero-order valence-corrected chi connectivity index (χ0v) is 14.0. The number of halogens is 1. The summed E-state index contributed by atoms with van der Waals surface area (Å²) < 4.78 is 1.13. The molecule has 1 aromatic heterocycles. The SMILES string of the molecule is CCNC(CSc1cccc(Br)c1)Cc1ccccn1. The van der Waals surface area contributed by atoms with Gasteiger partial charge >= 0.3 is 0 Å². The van der Waals surface area contributed by atoms with Crippen LogP contribution in [0, 0.1) is 0 Å². The van der Waals surface area contributed by atoms with E-state index in [0.717, 1.165) is 28.9 Å². The molecule has 0 amide bonds. The van der Waals surface area contributed by atoms with E-state index in [-0.39, 0.29) is 0 Å². The molecule has 0 aliphatic carbocycles. The van der Waals surface area contributed by atoms with E-state index in [1.807, 2.05) is 30.1 Å². The zero-order valence-electron chi connectivity index (χ0n) is 11.6. The van der Waals surface area contributed by atoms with E-state index in [1.165, 1.54) is 4.90 Å². The minimum Gasteiger partial charge on any atom is -0.313 e. The molecule has 0 radical (unpaired) electrons. The molecule has 1 heterocycles. The number of hydrogen-bond donors (Lipinski definition) is 1. The van der Waals surface area contributed by atoms with Crippen LogP contribution in [0.25, 0.3) is 0 Å². The summed E-state index contributed by atoms with van der Waals surface area (Å²) in [6.07, 6.45) is 2.83. The highest BCUT2D eigenvalue weighted by Gasteiger charge is 2.10. The normalized spacial score (nSPS) is 12.3. The maximum Gasteiger partial charge on any atom is 0.0419 e. The molecule has 0 aliphatic heterocycles. The first-order chi connectivity index (χ1) is 9.78. The average Bonchev–Trinajstić information content (AvgIpc) is 2.46. The minimum absolute atomic E-state index is 0.443. The fourth-order valence-corrected chi connectivity index (χ4v) is 3.57. The predicted molar refractivity (Wildman–Crippen MR) is 90.3 cm³/mol. The smallest absolute Gasteiger partial charge is 0.0419 e. The van der Waals surface area contributed by atoms with Crippen molar-refractivity contribution in [3.63, 3.8) is 0 Å². The number of rotatable bonds is 7. The summed E-state index contributed by atoms with van der Waals surface area (Å²) in [5, 5.41) is 3.54. The van der Waals surface area contributed by atoms with Crippen LogP contribution in [0.4, 0.5) is 0 Å². The third-order valence-corrected chi connectivity index (χ3v) is 4.57. The van der Waals surface area contributed by atoms with Crippen molar-refractivity contribution in [3.05, 3.63) is 58.8 Å². The average molecular weight is 351 g/mol. The van der Waals surface area contributed by atoms with Gasteiger partial charge < -0.3 is 5.32 Å². The van der Waals surface area contributed by atoms with Crippen molar-refractivity contribution >= 4 is 27.7 Å². The lowest BCUT2D eigenvalue weighted by Crippen LogP contribution is -2.33. The van der Waals surface area contributed by atoms with Gasteiger partial charge in [0.2, 0.25) is 0 Å². The molecule has 2 rings (SSSR count). The van der Waals surface area contributed by atoms with Gasteiger partial charge in [0.25, 0.3) is 0 Å². The fraction of sp³-hybridized carbons (Fsp3) is 0.312. The molecule has 1 N–H and O–H groups in total. The highest BCUT2D eigenvalue weighted by atomic mass is 79.9. The summed E-state index contributed by atoms with van der Waals surface area (Å²) in [4.78, 5) is 5.71. The van der Waals surface area contributed by atoms with Crippen LogP contribution in [0.1, 0.15) is 12.6 Å². The first kappa shape index (κ1) is 15.5. The van der Waals surface area contributed by atoms with E-state index in [0.29, 0.717) is 6.04 Å². The summed E-state index contributed by atoms with van der Waals surface area (Å²) >= 11 is 5.40. The minimum atomic E-state index is 0.443. The van der Waals surface area contributed by atoms with Crippen molar-refractivity contribution in [3.8, 4) is 0 Å². The van der Waals surface area contributed by atoms with Gasteiger partial charge in [-0.05, 0) is 36.9 Å². The summed E-state index contributed by atoms with van der Waals surface area (Å²) in [7, 11) is 0. The molecule has 2 nitrogen and oxygen atoms in total. The van der Waals surface area contributed by atoms with Crippen LogP contribution in [-0.4, -0.2) is 23.3 Å². The van der Waals surface area contributed by atoms with Crippen LogP contribution in [0.5, 0.6) is 0 Å². The van der Waals surface area contributed by atoms with E-state index in [1.54, 1.807) is 0 Å². The Morgan fingerprint density at radius 1 is 1.25 bits per heavy atom. The second kappa shape index (κ2) is 8.45. The quantitative estimate of drug-likeness (QED) is 0.759. The second-order valence-corrected chi connectivity index (χ2v) is 6.56. The van der Waals surface area contributed by atoms with Crippen LogP contribution in [0.2, 0.25) is 0 Å². The summed E-state index contributed by atoms with van der Waals surface area (Å²) in [5.41, 5.74) is 1.15. The Bertz CT molecular complexity index is 519. The van der Waals surface area contributed by atoms with Gasteiger partial charge in [0.15, 0.2) is 0 Å². The molecule has 1 unspecified atom stereocenters. The topological polar surface area (TPSA) is 24.9 Å². The molecule has 0 spiro atoms. The van der Waals surface area contributed by atoms with Crippen molar-refractivity contribution < 1.29 is 0 Å². The first-order valence-electron chi connectivity index (χ1n) is 6.79. The van der Waals surface area contributed by atoms with Gasteiger partial charge in [-0.2, -0.15) is 0 Å². The highest BCUT2D eigenvalue weighted by Crippen LogP contribution is 2.23. The van der Waals surface area contributed by atoms with E-state index in [4.69, 9.17) is 0 Å². The lowest BCUT2D eigenvalue weighted by atomic mass is 10.1. The zero-order chi connectivity index (χ0) is 14.2. The monoisotopic (exact) mass is 350 g/mol. The van der Waals surface area contributed by atoms with Gasteiger partial charge in [-0.25, -0.2) is 0 Å². The molecule has 1 aromatic carbocycles. The molecule has 0 aliphatic rings. The lowest BCUT2D eigenvalue weighted by Gasteiger charge is -2.17. The molecular formula is C16H19BrN2S. The van der Waals surface area contributed by atoms with Gasteiger partial charge in [-0.15, -0.1) is 11.8 Å². The third kappa shape index (κ3) is 5.27. The number of nitrogens with one attached hydrogen (secondary N) is 1. The van der Waals surface area contributed by atoms with Crippen molar-refractivity contribution in [2.75, 3.05) is 12.3 Å². The Labute approximate surface area is 133 Å². The third-order valence-electron chi connectivity index (χ3n) is 2.92. The molecule has 1 atom stereocenters. The van der Waals surface area contributed by atoms with E-state index < -0.39 is 0 Å². The second-order valence-electron chi connectivity index (χ2n) is 4.55. The van der Waals surface area contributed by atoms with E-state index in [2.05, 4.69) is 63.5 Å². The molecular weight excluding hydrogens is 332 g/mol. The fourth-order valence-electron chi connectivity index (χ4n) is 2.00. The maximum absolute atomic E-state index is 4.41. The Morgan fingerprint density at radius 2 is 2.15 bits per heavy atom. The Morgan fingerprint density at radius 3 is 2.85 bits per heavy atom. The number of aromatic nitrogens is 1. The van der Waals surface area contributed by atoms with Crippen LogP contribution >= 0.6 is 27.7 Å². The number of hydrogen-bond acceptors (Lipinski definition) is 3. The lowest BCUT2D eigenvalue weighted by molar-refractivity contribution is 0.566. The molecule has 0 saturated heterocycles. The summed E-state index contributed by atoms with van der Waals surface area (Å²) in [6, 6.07) is 15.0. The maximum atomic E-state index is 4.41. The Kier molecular flexibility index (Phi) is 6.57. The molecule has 0 fully saturated rings. The van der Waals surface area contributed by atoms with Crippen LogP contribution in [0.15, 0.2) is 58.0 Å². The van der Waals surface area contributed by atoms with Crippen LogP contribution < -0.4 is 5.32 Å². The summed E-state index contributed by atoms with van der Waals surface area (Å²) in [6.45, 7) is 3.13. The van der Waals surface area contributed by atoms with Crippen molar-refractivity contribution in [1.29, 1.82) is 0 Å². The van der Waals surface area contributed by atoms with E-state index in [9.17, 15) is 0 Å². The van der Waals surface area contributed by atoms with Gasteiger partial charge in [0.1, 0.15) is 0 Å². The number of pyridine rings is 1. The van der Waals surface area contributed by atoms with Gasteiger partial charge in [0, 0.05) is 39.5 Å². The first-order valence-corrected chi connectivity index (χ1v) is 8.57. The molecule has 0 saturated carbocycles. The van der Waals surface area contributed by atoms with Crippen LogP contribution in [-0.2, 0) is 6.42 Å². The largest absolute Gasteiger partial charge is 0.313 e. The highest BCUT2D eigenvalue weighted by molar-refractivity contribution is 9.10. The standard InChI is InChI=1S/C16H19BrN2S/c1-2-18-15(11-14-7-3-4-9-19-14)12-20-16-8-5-6-13(17)10-16/h3-10,15,18H,2,11-12H2,1H3. The summed E-state index contributed by atoms with van der Waals surface area (Å²) in [5.74, 6) is 1.04. The number of likely N-dealkylation sites (N-methyl/N-ethyl adjacent to an activating group) is 1. The Balaban J connectivity index is 1.92. The van der Waals surface area contributed by atoms with Crippen LogP contribution in [0.3, 0.4) is 0 Å². The van der Waals surface area contributed by atoms with Gasteiger partial charge in [0.05, 0.1) is 0 Å². The molecule has 20 heavy (non-hydrogen) atoms. The molecule has 2 aromatic rings. The molecule has 4 heteroatoms.